The van der Waals surface area contributed by atoms with Crippen molar-refractivity contribution in [2.24, 2.45) is 5.92 Å². The fraction of sp³-hybridized carbons (Fsp3) is 0.267. The van der Waals surface area contributed by atoms with Crippen molar-refractivity contribution in [3.8, 4) is 11.3 Å². The van der Waals surface area contributed by atoms with Crippen molar-refractivity contribution in [3.05, 3.63) is 47.2 Å². The Hall–Kier alpha value is -1.83. The van der Waals surface area contributed by atoms with Crippen molar-refractivity contribution in [1.29, 1.82) is 0 Å². The summed E-state index contributed by atoms with van der Waals surface area (Å²) in [6.07, 6.45) is 0.849. The summed E-state index contributed by atoms with van der Waals surface area (Å²) >= 11 is 0. The summed E-state index contributed by atoms with van der Waals surface area (Å²) in [7, 11) is 0. The zero-order valence-corrected chi connectivity index (χ0v) is 9.99. The largest absolute Gasteiger partial charge is 0.461 e. The molecule has 86 valence electrons. The van der Waals surface area contributed by atoms with Crippen molar-refractivity contribution >= 4 is 5.78 Å². The number of aryl methyl sites for hydroxylation is 1. The molecule has 0 bridgehead atoms. The molecule has 1 atom stereocenters. The van der Waals surface area contributed by atoms with Gasteiger partial charge in [-0.3, -0.25) is 4.79 Å². The first-order chi connectivity index (χ1) is 8.16. The van der Waals surface area contributed by atoms with Crippen molar-refractivity contribution in [2.45, 2.75) is 20.3 Å². The quantitative estimate of drug-likeness (QED) is 0.743. The van der Waals surface area contributed by atoms with Gasteiger partial charge in [-0.1, -0.05) is 25.1 Å². The van der Waals surface area contributed by atoms with Gasteiger partial charge in [-0.15, -0.1) is 0 Å². The van der Waals surface area contributed by atoms with Crippen LogP contribution in [-0.4, -0.2) is 5.78 Å². The predicted molar refractivity (Wildman–Crippen MR) is 66.1 cm³/mol. The lowest BCUT2D eigenvalue weighted by Gasteiger charge is -2.04. The third-order valence-corrected chi connectivity index (χ3v) is 3.38. The van der Waals surface area contributed by atoms with Gasteiger partial charge in [0.25, 0.3) is 0 Å². The SMILES string of the molecule is Cc1ccc(-c2cccc3c2C(=O)C(C)C3)o1. The number of benzene rings is 1. The van der Waals surface area contributed by atoms with E-state index in [9.17, 15) is 4.79 Å². The van der Waals surface area contributed by atoms with Crippen molar-refractivity contribution in [1.82, 2.24) is 0 Å². The third-order valence-electron chi connectivity index (χ3n) is 3.38. The summed E-state index contributed by atoms with van der Waals surface area (Å²) in [6, 6.07) is 9.86. The summed E-state index contributed by atoms with van der Waals surface area (Å²) < 4.78 is 5.63. The van der Waals surface area contributed by atoms with E-state index >= 15 is 0 Å². The Labute approximate surface area is 100 Å². The standard InChI is InChI=1S/C15H14O2/c1-9-8-11-4-3-5-12(14(11)15(9)16)13-7-6-10(2)17-13/h3-7,9H,8H2,1-2H3. The van der Waals surface area contributed by atoms with E-state index in [1.54, 1.807) is 0 Å². The normalized spacial score (nSPS) is 18.5. The van der Waals surface area contributed by atoms with Crippen LogP contribution in [0.5, 0.6) is 0 Å². The molecule has 1 aliphatic rings. The van der Waals surface area contributed by atoms with Gasteiger partial charge < -0.3 is 4.42 Å². The monoisotopic (exact) mass is 226 g/mol. The Morgan fingerprint density at radius 1 is 1.24 bits per heavy atom. The van der Waals surface area contributed by atoms with Gasteiger partial charge in [-0.25, -0.2) is 0 Å². The van der Waals surface area contributed by atoms with E-state index in [4.69, 9.17) is 4.42 Å². The molecule has 1 heterocycles. The minimum Gasteiger partial charge on any atom is -0.461 e. The Morgan fingerprint density at radius 3 is 2.76 bits per heavy atom. The number of ketones is 1. The molecular weight excluding hydrogens is 212 g/mol. The van der Waals surface area contributed by atoms with Gasteiger partial charge in [0.1, 0.15) is 11.5 Å². The van der Waals surface area contributed by atoms with Gasteiger partial charge in [-0.05, 0) is 31.0 Å². The zero-order valence-electron chi connectivity index (χ0n) is 9.99. The van der Waals surface area contributed by atoms with E-state index in [0.29, 0.717) is 0 Å². The molecule has 1 aliphatic carbocycles. The van der Waals surface area contributed by atoms with Gasteiger partial charge in [0.2, 0.25) is 0 Å². The average molecular weight is 226 g/mol. The zero-order chi connectivity index (χ0) is 12.0. The van der Waals surface area contributed by atoms with Crippen LogP contribution < -0.4 is 0 Å². The first-order valence-corrected chi connectivity index (χ1v) is 5.89. The lowest BCUT2D eigenvalue weighted by molar-refractivity contribution is 0.0946. The van der Waals surface area contributed by atoms with E-state index in [1.165, 1.54) is 0 Å². The molecule has 1 unspecified atom stereocenters. The van der Waals surface area contributed by atoms with Crippen LogP contribution in [0.4, 0.5) is 0 Å². The predicted octanol–water partition coefficient (Wildman–Crippen LogP) is 3.63. The van der Waals surface area contributed by atoms with Crippen LogP contribution in [0.2, 0.25) is 0 Å². The van der Waals surface area contributed by atoms with E-state index in [-0.39, 0.29) is 11.7 Å². The molecule has 1 aromatic heterocycles. The second kappa shape index (κ2) is 3.59. The fourth-order valence-corrected chi connectivity index (χ4v) is 2.51. The summed E-state index contributed by atoms with van der Waals surface area (Å²) in [5, 5.41) is 0. The molecule has 3 rings (SSSR count). The maximum atomic E-state index is 12.2. The fourth-order valence-electron chi connectivity index (χ4n) is 2.51. The number of Topliss-reactive ketones (excluding diaryl/α,β-unsaturated/α-hetero) is 1. The van der Waals surface area contributed by atoms with Crippen LogP contribution in [0.3, 0.4) is 0 Å². The highest BCUT2D eigenvalue weighted by Crippen LogP contribution is 2.35. The minimum absolute atomic E-state index is 0.0993. The molecule has 0 fully saturated rings. The number of fused-ring (bicyclic) bond motifs is 1. The van der Waals surface area contributed by atoms with E-state index in [0.717, 1.165) is 34.6 Å². The number of furan rings is 1. The maximum absolute atomic E-state index is 12.2. The van der Waals surface area contributed by atoms with E-state index in [2.05, 4.69) is 0 Å². The molecule has 17 heavy (non-hydrogen) atoms. The number of hydrogen-bond donors (Lipinski definition) is 0. The molecular formula is C15H14O2. The number of carbonyl (C=O) groups excluding carboxylic acids is 1. The molecule has 0 amide bonds. The molecule has 0 N–H and O–H groups in total. The summed E-state index contributed by atoms with van der Waals surface area (Å²) in [5.41, 5.74) is 2.94. The third kappa shape index (κ3) is 1.52. The Balaban J connectivity index is 2.20. The van der Waals surface area contributed by atoms with Gasteiger partial charge >= 0.3 is 0 Å². The lowest BCUT2D eigenvalue weighted by atomic mass is 10.0. The number of hydrogen-bond acceptors (Lipinski definition) is 2. The highest BCUT2D eigenvalue weighted by atomic mass is 16.3. The second-order valence-corrected chi connectivity index (χ2v) is 4.72. The molecule has 0 radical (unpaired) electrons. The van der Waals surface area contributed by atoms with Gasteiger partial charge in [0, 0.05) is 17.0 Å². The molecule has 0 aliphatic heterocycles. The van der Waals surface area contributed by atoms with Crippen LogP contribution >= 0.6 is 0 Å². The Bertz CT molecular complexity index is 593. The van der Waals surface area contributed by atoms with E-state index < -0.39 is 0 Å². The molecule has 0 saturated heterocycles. The minimum atomic E-state index is 0.0993. The summed E-state index contributed by atoms with van der Waals surface area (Å²) in [4.78, 5) is 12.2. The molecule has 2 heteroatoms. The Kier molecular flexibility index (Phi) is 2.18. The molecule has 0 saturated carbocycles. The Morgan fingerprint density at radius 2 is 2.06 bits per heavy atom. The van der Waals surface area contributed by atoms with Crippen molar-refractivity contribution in [3.63, 3.8) is 0 Å². The van der Waals surface area contributed by atoms with Crippen LogP contribution in [0.15, 0.2) is 34.7 Å². The maximum Gasteiger partial charge on any atom is 0.167 e. The van der Waals surface area contributed by atoms with Crippen LogP contribution in [0.1, 0.15) is 28.6 Å². The first-order valence-electron chi connectivity index (χ1n) is 5.89. The number of carbonyl (C=O) groups is 1. The highest BCUT2D eigenvalue weighted by Gasteiger charge is 2.30. The van der Waals surface area contributed by atoms with Crippen molar-refractivity contribution < 1.29 is 9.21 Å². The highest BCUT2D eigenvalue weighted by molar-refractivity contribution is 6.07. The van der Waals surface area contributed by atoms with Crippen LogP contribution in [0.25, 0.3) is 11.3 Å². The first kappa shape index (κ1) is 10.3. The van der Waals surface area contributed by atoms with Gasteiger partial charge in [0.15, 0.2) is 5.78 Å². The van der Waals surface area contributed by atoms with Crippen molar-refractivity contribution in [2.75, 3.05) is 0 Å². The lowest BCUT2D eigenvalue weighted by Crippen LogP contribution is -2.04. The molecule has 2 nitrogen and oxygen atoms in total. The van der Waals surface area contributed by atoms with Crippen LogP contribution in [0, 0.1) is 12.8 Å². The van der Waals surface area contributed by atoms with Gasteiger partial charge in [0.05, 0.1) is 0 Å². The number of rotatable bonds is 1. The van der Waals surface area contributed by atoms with Gasteiger partial charge in [-0.2, -0.15) is 0 Å². The topological polar surface area (TPSA) is 30.2 Å². The smallest absolute Gasteiger partial charge is 0.167 e. The second-order valence-electron chi connectivity index (χ2n) is 4.72. The van der Waals surface area contributed by atoms with E-state index in [1.807, 2.05) is 44.2 Å². The van der Waals surface area contributed by atoms with Crippen LogP contribution in [-0.2, 0) is 6.42 Å². The average Bonchev–Trinajstić information content (AvgIpc) is 2.85. The molecule has 1 aromatic carbocycles. The summed E-state index contributed by atoms with van der Waals surface area (Å²) in [5.74, 6) is 2.00. The summed E-state index contributed by atoms with van der Waals surface area (Å²) in [6.45, 7) is 3.90. The molecule has 0 spiro atoms. The molecule has 2 aromatic rings.